The summed E-state index contributed by atoms with van der Waals surface area (Å²) in [6.07, 6.45) is 26.3. The van der Waals surface area contributed by atoms with Gasteiger partial charge in [0, 0.05) is 12.1 Å². The van der Waals surface area contributed by atoms with Gasteiger partial charge < -0.3 is 5.32 Å². The van der Waals surface area contributed by atoms with Crippen molar-refractivity contribution in [1.82, 2.24) is 5.32 Å². The minimum atomic E-state index is 0.831. The van der Waals surface area contributed by atoms with Crippen LogP contribution >= 0.6 is 0 Å². The van der Waals surface area contributed by atoms with Crippen molar-refractivity contribution in [1.29, 1.82) is 0 Å². The van der Waals surface area contributed by atoms with Crippen LogP contribution in [0.4, 0.5) is 0 Å². The molecule has 1 saturated heterocycles. The highest BCUT2D eigenvalue weighted by Gasteiger charge is 2.34. The van der Waals surface area contributed by atoms with E-state index >= 15 is 0 Å². The van der Waals surface area contributed by atoms with Gasteiger partial charge in [0.25, 0.3) is 0 Å². The second-order valence-electron chi connectivity index (χ2n) is 10.1. The Morgan fingerprint density at radius 1 is 0.741 bits per heavy atom. The van der Waals surface area contributed by atoms with Crippen molar-refractivity contribution in [3.05, 3.63) is 0 Å². The van der Waals surface area contributed by atoms with Gasteiger partial charge in [0.15, 0.2) is 0 Å². The van der Waals surface area contributed by atoms with Crippen molar-refractivity contribution >= 4 is 0 Å². The van der Waals surface area contributed by atoms with Crippen LogP contribution in [0.1, 0.15) is 136 Å². The van der Waals surface area contributed by atoms with Crippen LogP contribution < -0.4 is 5.32 Å². The van der Waals surface area contributed by atoms with Crippen molar-refractivity contribution < 1.29 is 0 Å². The monoisotopic (exact) mass is 377 g/mol. The van der Waals surface area contributed by atoms with E-state index in [2.05, 4.69) is 26.1 Å². The lowest BCUT2D eigenvalue weighted by molar-refractivity contribution is 0.135. The fourth-order valence-electron chi connectivity index (χ4n) is 5.69. The molecule has 1 aliphatic carbocycles. The van der Waals surface area contributed by atoms with Crippen molar-refractivity contribution in [2.75, 3.05) is 0 Å². The van der Waals surface area contributed by atoms with E-state index in [0.29, 0.717) is 0 Å². The third-order valence-corrected chi connectivity index (χ3v) is 7.91. The summed E-state index contributed by atoms with van der Waals surface area (Å²) >= 11 is 0. The maximum absolute atomic E-state index is 4.17. The van der Waals surface area contributed by atoms with E-state index in [0.717, 1.165) is 29.8 Å². The van der Waals surface area contributed by atoms with Crippen LogP contribution in [0.5, 0.6) is 0 Å². The Kier molecular flexibility index (Phi) is 12.1. The molecule has 1 saturated carbocycles. The summed E-state index contributed by atoms with van der Waals surface area (Å²) in [5.41, 5.74) is 0. The molecule has 2 aliphatic rings. The molecule has 0 bridgehead atoms. The minimum Gasteiger partial charge on any atom is -0.311 e. The molecule has 1 nitrogen and oxygen atoms in total. The highest BCUT2D eigenvalue weighted by Crippen LogP contribution is 2.36. The average molecular weight is 378 g/mol. The predicted molar refractivity (Wildman–Crippen MR) is 121 cm³/mol. The first-order valence-electron chi connectivity index (χ1n) is 13.0. The van der Waals surface area contributed by atoms with Gasteiger partial charge in [-0.25, -0.2) is 0 Å². The molecule has 2 rings (SSSR count). The SMILES string of the molecule is CCCCCCCCCCC(CCC(C)CC)C1CCC2CCCCC2N1. The molecular weight excluding hydrogens is 326 g/mol. The van der Waals surface area contributed by atoms with Gasteiger partial charge in [-0.05, 0) is 56.3 Å². The van der Waals surface area contributed by atoms with Gasteiger partial charge in [0.2, 0.25) is 0 Å². The van der Waals surface area contributed by atoms with Gasteiger partial charge in [0.05, 0.1) is 0 Å². The third kappa shape index (κ3) is 8.88. The van der Waals surface area contributed by atoms with E-state index in [-0.39, 0.29) is 0 Å². The number of hydrogen-bond acceptors (Lipinski definition) is 1. The predicted octanol–water partition coefficient (Wildman–Crippen LogP) is 8.27. The van der Waals surface area contributed by atoms with Crippen LogP contribution in [-0.4, -0.2) is 12.1 Å². The fourth-order valence-corrected chi connectivity index (χ4v) is 5.69. The van der Waals surface area contributed by atoms with Gasteiger partial charge >= 0.3 is 0 Å². The van der Waals surface area contributed by atoms with Crippen LogP contribution in [0.15, 0.2) is 0 Å². The van der Waals surface area contributed by atoms with E-state index in [9.17, 15) is 0 Å². The molecular formula is C26H51N. The van der Waals surface area contributed by atoms with Crippen molar-refractivity contribution in [3.8, 4) is 0 Å². The van der Waals surface area contributed by atoms with Gasteiger partial charge in [0.1, 0.15) is 0 Å². The molecule has 1 N–H and O–H groups in total. The molecule has 5 unspecified atom stereocenters. The second kappa shape index (κ2) is 14.0. The molecule has 1 heterocycles. The molecule has 0 aromatic heterocycles. The average Bonchev–Trinajstić information content (AvgIpc) is 2.71. The number of hydrogen-bond donors (Lipinski definition) is 1. The summed E-state index contributed by atoms with van der Waals surface area (Å²) in [7, 11) is 0. The number of unbranched alkanes of at least 4 members (excludes halogenated alkanes) is 7. The summed E-state index contributed by atoms with van der Waals surface area (Å²) in [6, 6.07) is 1.69. The summed E-state index contributed by atoms with van der Waals surface area (Å²) in [5.74, 6) is 2.87. The summed E-state index contributed by atoms with van der Waals surface area (Å²) in [4.78, 5) is 0. The Bertz CT molecular complexity index is 352. The molecule has 0 radical (unpaired) electrons. The highest BCUT2D eigenvalue weighted by molar-refractivity contribution is 4.92. The van der Waals surface area contributed by atoms with E-state index in [1.807, 2.05) is 0 Å². The van der Waals surface area contributed by atoms with Crippen LogP contribution in [0.25, 0.3) is 0 Å². The number of piperidine rings is 1. The Balaban J connectivity index is 1.71. The standard InChI is InChI=1S/C26H51N/c1-4-6-7-8-9-10-11-12-15-23(19-18-22(3)5-2)26-21-20-24-16-13-14-17-25(24)27-26/h22-27H,4-21H2,1-3H3. The molecule has 2 fully saturated rings. The van der Waals surface area contributed by atoms with E-state index < -0.39 is 0 Å². The molecule has 160 valence electrons. The quantitative estimate of drug-likeness (QED) is 0.300. The Morgan fingerprint density at radius 3 is 2.19 bits per heavy atom. The van der Waals surface area contributed by atoms with Crippen molar-refractivity contribution in [2.45, 2.75) is 148 Å². The maximum atomic E-state index is 4.17. The molecule has 5 atom stereocenters. The summed E-state index contributed by atoms with van der Waals surface area (Å²) < 4.78 is 0. The molecule has 0 amide bonds. The topological polar surface area (TPSA) is 12.0 Å². The van der Waals surface area contributed by atoms with Crippen molar-refractivity contribution in [2.24, 2.45) is 17.8 Å². The Hall–Kier alpha value is -0.0400. The molecule has 1 heteroatoms. The van der Waals surface area contributed by atoms with Gasteiger partial charge in [-0.1, -0.05) is 97.8 Å². The van der Waals surface area contributed by atoms with Crippen LogP contribution in [-0.2, 0) is 0 Å². The Labute approximate surface area is 171 Å². The number of rotatable bonds is 14. The molecule has 0 aromatic carbocycles. The lowest BCUT2D eigenvalue weighted by Crippen LogP contribution is -2.51. The smallest absolute Gasteiger partial charge is 0.00981 e. The summed E-state index contributed by atoms with van der Waals surface area (Å²) in [5, 5.41) is 4.17. The maximum Gasteiger partial charge on any atom is 0.00981 e. The van der Waals surface area contributed by atoms with E-state index in [1.165, 1.54) is 116 Å². The van der Waals surface area contributed by atoms with E-state index in [4.69, 9.17) is 0 Å². The fraction of sp³-hybridized carbons (Fsp3) is 1.00. The largest absolute Gasteiger partial charge is 0.311 e. The van der Waals surface area contributed by atoms with Crippen LogP contribution in [0.2, 0.25) is 0 Å². The summed E-state index contributed by atoms with van der Waals surface area (Å²) in [6.45, 7) is 7.14. The number of fused-ring (bicyclic) bond motifs is 1. The molecule has 1 aliphatic heterocycles. The molecule has 27 heavy (non-hydrogen) atoms. The zero-order valence-electron chi connectivity index (χ0n) is 19.1. The normalized spacial score (nSPS) is 27.9. The van der Waals surface area contributed by atoms with Gasteiger partial charge in [-0.3, -0.25) is 0 Å². The molecule has 0 aromatic rings. The number of nitrogens with one attached hydrogen (secondary N) is 1. The second-order valence-corrected chi connectivity index (χ2v) is 10.1. The molecule has 0 spiro atoms. The van der Waals surface area contributed by atoms with Crippen LogP contribution in [0, 0.1) is 17.8 Å². The Morgan fingerprint density at radius 2 is 1.44 bits per heavy atom. The van der Waals surface area contributed by atoms with E-state index in [1.54, 1.807) is 0 Å². The first-order chi connectivity index (χ1) is 13.2. The van der Waals surface area contributed by atoms with Gasteiger partial charge in [-0.2, -0.15) is 0 Å². The first-order valence-corrected chi connectivity index (χ1v) is 13.0. The van der Waals surface area contributed by atoms with Gasteiger partial charge in [-0.15, -0.1) is 0 Å². The lowest BCUT2D eigenvalue weighted by Gasteiger charge is -2.43. The first kappa shape index (κ1) is 23.2. The lowest BCUT2D eigenvalue weighted by atomic mass is 9.74. The highest BCUT2D eigenvalue weighted by atomic mass is 15.0. The van der Waals surface area contributed by atoms with Crippen molar-refractivity contribution in [3.63, 3.8) is 0 Å². The zero-order chi connectivity index (χ0) is 19.3. The van der Waals surface area contributed by atoms with Crippen LogP contribution in [0.3, 0.4) is 0 Å². The zero-order valence-corrected chi connectivity index (χ0v) is 19.1. The third-order valence-electron chi connectivity index (χ3n) is 7.91. The minimum absolute atomic E-state index is 0.831.